The van der Waals surface area contributed by atoms with Gasteiger partial charge in [-0.1, -0.05) is 32.9 Å². The van der Waals surface area contributed by atoms with Gasteiger partial charge in [-0.3, -0.25) is 4.99 Å². The fraction of sp³-hybridized carbons (Fsp3) is 0.786. The van der Waals surface area contributed by atoms with Crippen molar-refractivity contribution in [3.8, 4) is 0 Å². The van der Waals surface area contributed by atoms with Crippen molar-refractivity contribution in [2.24, 2.45) is 10.4 Å². The number of nitrogens with one attached hydrogen (secondary N) is 1. The van der Waals surface area contributed by atoms with Gasteiger partial charge in [-0.25, -0.2) is 0 Å². The molecule has 94 valence electrons. The Hall–Kier alpha value is -0.630. The van der Waals surface area contributed by atoms with E-state index in [2.05, 4.69) is 37.7 Å². The Bertz CT molecular complexity index is 234. The molecule has 0 atom stereocenters. The summed E-state index contributed by atoms with van der Waals surface area (Å²) < 4.78 is 0. The van der Waals surface area contributed by atoms with Gasteiger partial charge in [0.2, 0.25) is 0 Å². The molecule has 1 N–H and O–H groups in total. The maximum Gasteiger partial charge on any atom is 0.0276 e. The largest absolute Gasteiger partial charge is 0.319 e. The number of aliphatic imine (C=N–C) groups is 1. The SMILES string of the molecule is C=C(CCNC)CCC(CC(C)(C)C)=NC. The first-order valence-corrected chi connectivity index (χ1v) is 6.15. The van der Waals surface area contributed by atoms with Crippen molar-refractivity contribution in [3.05, 3.63) is 12.2 Å². The second-order valence-corrected chi connectivity index (χ2v) is 5.63. The highest BCUT2D eigenvalue weighted by molar-refractivity contribution is 5.85. The second kappa shape index (κ2) is 7.61. The van der Waals surface area contributed by atoms with Gasteiger partial charge in [-0.05, 0) is 44.7 Å². The summed E-state index contributed by atoms with van der Waals surface area (Å²) in [5.74, 6) is 0. The molecule has 0 aromatic carbocycles. The van der Waals surface area contributed by atoms with E-state index in [0.29, 0.717) is 5.41 Å². The highest BCUT2D eigenvalue weighted by Gasteiger charge is 2.13. The van der Waals surface area contributed by atoms with Crippen LogP contribution in [0.4, 0.5) is 0 Å². The summed E-state index contributed by atoms with van der Waals surface area (Å²) in [5.41, 5.74) is 2.98. The van der Waals surface area contributed by atoms with Gasteiger partial charge < -0.3 is 5.32 Å². The predicted octanol–water partition coefficient (Wildman–Crippen LogP) is 3.44. The van der Waals surface area contributed by atoms with Crippen LogP contribution in [0.25, 0.3) is 0 Å². The van der Waals surface area contributed by atoms with E-state index in [1.807, 2.05) is 14.1 Å². The first-order chi connectivity index (χ1) is 7.39. The molecule has 0 radical (unpaired) electrons. The molecular weight excluding hydrogens is 196 g/mol. The van der Waals surface area contributed by atoms with Crippen molar-refractivity contribution in [2.45, 2.75) is 46.5 Å². The van der Waals surface area contributed by atoms with Gasteiger partial charge >= 0.3 is 0 Å². The normalized spacial score (nSPS) is 12.9. The van der Waals surface area contributed by atoms with Crippen LogP contribution in [0.15, 0.2) is 17.1 Å². The minimum atomic E-state index is 0.334. The van der Waals surface area contributed by atoms with Crippen molar-refractivity contribution in [1.82, 2.24) is 5.32 Å². The molecular formula is C14H28N2. The molecule has 0 aliphatic rings. The lowest BCUT2D eigenvalue weighted by Gasteiger charge is -2.19. The summed E-state index contributed by atoms with van der Waals surface area (Å²) in [6, 6.07) is 0. The monoisotopic (exact) mass is 224 g/mol. The van der Waals surface area contributed by atoms with Crippen molar-refractivity contribution in [2.75, 3.05) is 20.6 Å². The first kappa shape index (κ1) is 15.4. The molecule has 0 saturated heterocycles. The molecule has 0 aromatic heterocycles. The Morgan fingerprint density at radius 2 is 1.81 bits per heavy atom. The molecule has 0 rings (SSSR count). The van der Waals surface area contributed by atoms with Crippen molar-refractivity contribution >= 4 is 5.71 Å². The molecule has 0 heterocycles. The van der Waals surface area contributed by atoms with E-state index in [1.165, 1.54) is 11.3 Å². The lowest BCUT2D eigenvalue weighted by Crippen LogP contribution is -2.13. The van der Waals surface area contributed by atoms with Gasteiger partial charge in [-0.15, -0.1) is 0 Å². The lowest BCUT2D eigenvalue weighted by atomic mass is 9.87. The van der Waals surface area contributed by atoms with Crippen LogP contribution in [0.1, 0.15) is 46.5 Å². The van der Waals surface area contributed by atoms with Crippen LogP contribution in [-0.4, -0.2) is 26.4 Å². The van der Waals surface area contributed by atoms with Crippen LogP contribution < -0.4 is 5.32 Å². The Morgan fingerprint density at radius 3 is 2.25 bits per heavy atom. The molecule has 2 heteroatoms. The summed E-state index contributed by atoms with van der Waals surface area (Å²) >= 11 is 0. The minimum Gasteiger partial charge on any atom is -0.319 e. The molecule has 0 amide bonds. The highest BCUT2D eigenvalue weighted by Crippen LogP contribution is 2.21. The average molecular weight is 224 g/mol. The second-order valence-electron chi connectivity index (χ2n) is 5.63. The van der Waals surface area contributed by atoms with Crippen LogP contribution >= 0.6 is 0 Å². The maximum absolute atomic E-state index is 4.39. The Balaban J connectivity index is 3.93. The smallest absolute Gasteiger partial charge is 0.0276 e. The molecule has 2 nitrogen and oxygen atoms in total. The number of hydrogen-bond donors (Lipinski definition) is 1. The van der Waals surface area contributed by atoms with Gasteiger partial charge in [0, 0.05) is 12.8 Å². The zero-order chi connectivity index (χ0) is 12.6. The summed E-state index contributed by atoms with van der Waals surface area (Å²) in [4.78, 5) is 4.39. The zero-order valence-corrected chi connectivity index (χ0v) is 11.7. The van der Waals surface area contributed by atoms with Gasteiger partial charge in [0.05, 0.1) is 0 Å². The van der Waals surface area contributed by atoms with Crippen LogP contribution in [0.5, 0.6) is 0 Å². The van der Waals surface area contributed by atoms with E-state index < -0.39 is 0 Å². The number of nitrogens with zero attached hydrogens (tertiary/aromatic N) is 1. The van der Waals surface area contributed by atoms with Gasteiger partial charge in [0.25, 0.3) is 0 Å². The molecule has 16 heavy (non-hydrogen) atoms. The Morgan fingerprint density at radius 1 is 1.19 bits per heavy atom. The lowest BCUT2D eigenvalue weighted by molar-refractivity contribution is 0.431. The van der Waals surface area contributed by atoms with Crippen molar-refractivity contribution in [1.29, 1.82) is 0 Å². The molecule has 0 aliphatic carbocycles. The number of rotatable bonds is 7. The molecule has 0 aromatic rings. The van der Waals surface area contributed by atoms with Crippen LogP contribution in [0, 0.1) is 5.41 Å². The fourth-order valence-electron chi connectivity index (χ4n) is 1.64. The molecule has 0 saturated carbocycles. The third-order valence-corrected chi connectivity index (χ3v) is 2.55. The van der Waals surface area contributed by atoms with E-state index in [1.54, 1.807) is 0 Å². The van der Waals surface area contributed by atoms with Gasteiger partial charge in [0.1, 0.15) is 0 Å². The van der Waals surface area contributed by atoms with Gasteiger partial charge in [0.15, 0.2) is 0 Å². The maximum atomic E-state index is 4.39. The van der Waals surface area contributed by atoms with E-state index >= 15 is 0 Å². The number of hydrogen-bond acceptors (Lipinski definition) is 2. The fourth-order valence-corrected chi connectivity index (χ4v) is 1.64. The predicted molar refractivity (Wildman–Crippen MR) is 74.3 cm³/mol. The topological polar surface area (TPSA) is 24.4 Å². The minimum absolute atomic E-state index is 0.334. The van der Waals surface area contributed by atoms with E-state index in [4.69, 9.17) is 0 Å². The zero-order valence-electron chi connectivity index (χ0n) is 11.7. The Kier molecular flexibility index (Phi) is 7.31. The van der Waals surface area contributed by atoms with E-state index in [0.717, 1.165) is 32.2 Å². The summed E-state index contributed by atoms with van der Waals surface area (Å²) in [7, 11) is 3.88. The summed E-state index contributed by atoms with van der Waals surface area (Å²) in [6.07, 6.45) is 4.30. The van der Waals surface area contributed by atoms with Gasteiger partial charge in [-0.2, -0.15) is 0 Å². The van der Waals surface area contributed by atoms with Crippen LogP contribution in [-0.2, 0) is 0 Å². The molecule has 0 bridgehead atoms. The van der Waals surface area contributed by atoms with E-state index in [-0.39, 0.29) is 0 Å². The quantitative estimate of drug-likeness (QED) is 0.520. The third-order valence-electron chi connectivity index (χ3n) is 2.55. The van der Waals surface area contributed by atoms with E-state index in [9.17, 15) is 0 Å². The molecule has 0 aliphatic heterocycles. The molecule has 0 spiro atoms. The molecule has 0 unspecified atom stereocenters. The summed E-state index contributed by atoms with van der Waals surface area (Å²) in [5, 5.41) is 3.15. The first-order valence-electron chi connectivity index (χ1n) is 6.15. The van der Waals surface area contributed by atoms with Crippen LogP contribution in [0.3, 0.4) is 0 Å². The third kappa shape index (κ3) is 8.66. The molecule has 0 fully saturated rings. The Labute approximate surface area is 101 Å². The highest BCUT2D eigenvalue weighted by atomic mass is 14.8. The van der Waals surface area contributed by atoms with Crippen molar-refractivity contribution < 1.29 is 0 Å². The summed E-state index contributed by atoms with van der Waals surface area (Å²) in [6.45, 7) is 11.9. The standard InChI is InChI=1S/C14H28N2/c1-12(9-10-15-5)7-8-13(16-6)11-14(2,3)4/h15H,1,7-11H2,2-6H3. The van der Waals surface area contributed by atoms with Crippen LogP contribution in [0.2, 0.25) is 0 Å². The van der Waals surface area contributed by atoms with Crippen molar-refractivity contribution in [3.63, 3.8) is 0 Å². The average Bonchev–Trinajstić information content (AvgIpc) is 2.19.